The normalized spacial score (nSPS) is 29.2. The number of esters is 1. The summed E-state index contributed by atoms with van der Waals surface area (Å²) in [6.45, 7) is 0.227. The van der Waals surface area contributed by atoms with Gasteiger partial charge in [-0.25, -0.2) is 0 Å². The van der Waals surface area contributed by atoms with E-state index in [1.807, 2.05) is 0 Å². The van der Waals surface area contributed by atoms with Gasteiger partial charge in [0.2, 0.25) is 17.7 Å². The highest BCUT2D eigenvalue weighted by molar-refractivity contribution is 6.22. The number of ether oxygens (including phenoxy) is 2. The summed E-state index contributed by atoms with van der Waals surface area (Å²) < 4.78 is 10.8. The minimum absolute atomic E-state index is 0.0655. The Morgan fingerprint density at radius 3 is 2.23 bits per heavy atom. The fraction of sp³-hybridized carbons (Fsp3) is 0.407. The zero-order valence-electron chi connectivity index (χ0n) is 19.4. The molecule has 2 saturated carbocycles. The first kappa shape index (κ1) is 21.8. The van der Waals surface area contributed by atoms with Crippen molar-refractivity contribution in [3.05, 3.63) is 48.5 Å². The Morgan fingerprint density at radius 2 is 1.57 bits per heavy atom. The molecule has 2 saturated heterocycles. The lowest BCUT2D eigenvalue weighted by Gasteiger charge is -2.19. The number of hydrogen-bond acceptors (Lipinski definition) is 6. The van der Waals surface area contributed by atoms with E-state index in [1.165, 1.54) is 4.90 Å². The van der Waals surface area contributed by atoms with Crippen LogP contribution in [0.2, 0.25) is 0 Å². The van der Waals surface area contributed by atoms with Gasteiger partial charge in [0.25, 0.3) is 0 Å². The summed E-state index contributed by atoms with van der Waals surface area (Å²) in [5.74, 6) is -0.176. The molecule has 0 aromatic heterocycles. The molecule has 4 fully saturated rings. The molecule has 0 unspecified atom stereocenters. The van der Waals surface area contributed by atoms with Crippen LogP contribution in [0.3, 0.4) is 0 Å². The average molecular weight is 475 g/mol. The van der Waals surface area contributed by atoms with Crippen molar-refractivity contribution < 1.29 is 28.7 Å². The van der Waals surface area contributed by atoms with Gasteiger partial charge in [0, 0.05) is 24.7 Å². The van der Waals surface area contributed by atoms with E-state index in [2.05, 4.69) is 0 Å². The van der Waals surface area contributed by atoms with E-state index >= 15 is 0 Å². The summed E-state index contributed by atoms with van der Waals surface area (Å²) in [5, 5.41) is 0. The number of amides is 3. The Morgan fingerprint density at radius 1 is 0.886 bits per heavy atom. The SMILES string of the molecule is COc1cccc(N2C[C@@H](C(=O)Oc3ccc(N4C(=O)[C@@H]5[C@@H]6CC[C@@H](C6)[C@@H]5C4=O)cc3)CC2=O)c1. The maximum Gasteiger partial charge on any atom is 0.316 e. The summed E-state index contributed by atoms with van der Waals surface area (Å²) in [7, 11) is 1.56. The van der Waals surface area contributed by atoms with Crippen molar-refractivity contribution in [3.8, 4) is 11.5 Å². The number of carbonyl (C=O) groups excluding carboxylic acids is 4. The number of methoxy groups -OCH3 is 1. The van der Waals surface area contributed by atoms with Crippen LogP contribution < -0.4 is 19.3 Å². The summed E-state index contributed by atoms with van der Waals surface area (Å²) in [5.41, 5.74) is 1.18. The van der Waals surface area contributed by atoms with Gasteiger partial charge >= 0.3 is 5.97 Å². The first-order chi connectivity index (χ1) is 16.9. The van der Waals surface area contributed by atoms with Gasteiger partial charge in [-0.2, -0.15) is 0 Å². The lowest BCUT2D eigenvalue weighted by molar-refractivity contribution is -0.139. The Labute approximate surface area is 202 Å². The van der Waals surface area contributed by atoms with Crippen molar-refractivity contribution in [1.29, 1.82) is 0 Å². The number of benzene rings is 2. The number of imide groups is 1. The highest BCUT2D eigenvalue weighted by atomic mass is 16.5. The fourth-order valence-corrected chi connectivity index (χ4v) is 6.42. The Kier molecular flexibility index (Phi) is 5.12. The number of nitrogens with zero attached hydrogens (tertiary/aromatic N) is 2. The van der Waals surface area contributed by atoms with Crippen LogP contribution in [-0.4, -0.2) is 37.3 Å². The molecule has 8 nitrogen and oxygen atoms in total. The summed E-state index contributed by atoms with van der Waals surface area (Å²) >= 11 is 0. The molecule has 3 amide bonds. The van der Waals surface area contributed by atoms with E-state index in [-0.39, 0.29) is 42.5 Å². The van der Waals surface area contributed by atoms with Crippen molar-refractivity contribution in [3.63, 3.8) is 0 Å². The van der Waals surface area contributed by atoms with Crippen molar-refractivity contribution >= 4 is 35.1 Å². The predicted molar refractivity (Wildman–Crippen MR) is 126 cm³/mol. The Bertz CT molecular complexity index is 1200. The quantitative estimate of drug-likeness (QED) is 0.375. The lowest BCUT2D eigenvalue weighted by Crippen LogP contribution is -2.32. The first-order valence-corrected chi connectivity index (χ1v) is 12.1. The molecule has 2 bridgehead atoms. The van der Waals surface area contributed by atoms with Crippen LogP contribution in [0.4, 0.5) is 11.4 Å². The second-order valence-electron chi connectivity index (χ2n) is 9.92. The molecule has 35 heavy (non-hydrogen) atoms. The molecule has 8 heteroatoms. The molecule has 2 heterocycles. The Balaban J connectivity index is 1.12. The van der Waals surface area contributed by atoms with Crippen LogP contribution in [0.1, 0.15) is 25.7 Å². The summed E-state index contributed by atoms with van der Waals surface area (Å²) in [6.07, 6.45) is 3.13. The van der Waals surface area contributed by atoms with Crippen LogP contribution in [0.15, 0.2) is 48.5 Å². The minimum Gasteiger partial charge on any atom is -0.497 e. The van der Waals surface area contributed by atoms with Crippen molar-refractivity contribution in [2.45, 2.75) is 25.7 Å². The summed E-state index contributed by atoms with van der Waals surface area (Å²) in [6, 6.07) is 13.6. The number of rotatable bonds is 5. The van der Waals surface area contributed by atoms with Crippen molar-refractivity contribution in [1.82, 2.24) is 0 Å². The number of fused-ring (bicyclic) bond motifs is 5. The molecule has 0 radical (unpaired) electrons. The predicted octanol–water partition coefficient (Wildman–Crippen LogP) is 3.19. The molecular formula is C27H26N2O6. The molecule has 0 spiro atoms. The molecule has 2 aliphatic carbocycles. The lowest BCUT2D eigenvalue weighted by atomic mass is 9.81. The average Bonchev–Trinajstić information content (AvgIpc) is 3.63. The molecule has 0 N–H and O–H groups in total. The molecule has 2 aromatic carbocycles. The van der Waals surface area contributed by atoms with E-state index < -0.39 is 11.9 Å². The van der Waals surface area contributed by atoms with Crippen LogP contribution in [0.25, 0.3) is 0 Å². The smallest absolute Gasteiger partial charge is 0.316 e. The van der Waals surface area contributed by atoms with E-state index in [0.29, 0.717) is 34.7 Å². The molecule has 2 aromatic rings. The van der Waals surface area contributed by atoms with Gasteiger partial charge in [-0.3, -0.25) is 24.1 Å². The molecular weight excluding hydrogens is 448 g/mol. The fourth-order valence-electron chi connectivity index (χ4n) is 6.42. The van der Waals surface area contributed by atoms with E-state index in [9.17, 15) is 19.2 Å². The maximum atomic E-state index is 13.0. The second kappa shape index (κ2) is 8.22. The van der Waals surface area contributed by atoms with Gasteiger partial charge in [-0.15, -0.1) is 0 Å². The number of anilines is 2. The number of hydrogen-bond donors (Lipinski definition) is 0. The van der Waals surface area contributed by atoms with Crippen molar-refractivity contribution in [2.24, 2.45) is 29.6 Å². The standard InChI is InChI=1S/C27H26N2O6/c1-34-21-4-2-3-19(13-21)28-14-17(12-22(28)30)27(33)35-20-9-7-18(8-10-20)29-25(31)23-15-5-6-16(11-15)24(23)26(29)32/h2-4,7-10,13,15-17,23-24H,5-6,11-12,14H2,1H3/t15-,16+,17-,23-,24+/m0/s1. The van der Waals surface area contributed by atoms with Crippen molar-refractivity contribution in [2.75, 3.05) is 23.5 Å². The number of carbonyl (C=O) groups is 4. The molecule has 4 aliphatic rings. The van der Waals surface area contributed by atoms with Gasteiger partial charge in [0.15, 0.2) is 0 Å². The molecule has 180 valence electrons. The topological polar surface area (TPSA) is 93.2 Å². The van der Waals surface area contributed by atoms with E-state index in [1.54, 1.807) is 60.5 Å². The highest BCUT2D eigenvalue weighted by Gasteiger charge is 2.61. The third-order valence-electron chi connectivity index (χ3n) is 8.06. The van der Waals surface area contributed by atoms with Gasteiger partial charge in [0.1, 0.15) is 11.5 Å². The van der Waals surface area contributed by atoms with Gasteiger partial charge in [-0.1, -0.05) is 6.07 Å². The van der Waals surface area contributed by atoms with Crippen LogP contribution >= 0.6 is 0 Å². The van der Waals surface area contributed by atoms with E-state index in [0.717, 1.165) is 19.3 Å². The van der Waals surface area contributed by atoms with Gasteiger partial charge in [-0.05, 0) is 67.5 Å². The monoisotopic (exact) mass is 474 g/mol. The third kappa shape index (κ3) is 3.50. The summed E-state index contributed by atoms with van der Waals surface area (Å²) in [4.78, 5) is 54.2. The van der Waals surface area contributed by atoms with Crippen LogP contribution in [0, 0.1) is 29.6 Å². The first-order valence-electron chi connectivity index (χ1n) is 12.1. The van der Waals surface area contributed by atoms with Crippen LogP contribution in [0.5, 0.6) is 11.5 Å². The molecule has 5 atom stereocenters. The molecule has 2 aliphatic heterocycles. The second-order valence-corrected chi connectivity index (χ2v) is 9.92. The zero-order chi connectivity index (χ0) is 24.3. The highest BCUT2D eigenvalue weighted by Crippen LogP contribution is 2.56. The maximum absolute atomic E-state index is 13.0. The van der Waals surface area contributed by atoms with Gasteiger partial charge < -0.3 is 14.4 Å². The minimum atomic E-state index is -0.593. The Hall–Kier alpha value is -3.68. The van der Waals surface area contributed by atoms with E-state index in [4.69, 9.17) is 9.47 Å². The zero-order valence-corrected chi connectivity index (χ0v) is 19.4. The van der Waals surface area contributed by atoms with Gasteiger partial charge in [0.05, 0.1) is 30.6 Å². The largest absolute Gasteiger partial charge is 0.497 e. The molecule has 6 rings (SSSR count). The van der Waals surface area contributed by atoms with Crippen LogP contribution in [-0.2, 0) is 19.2 Å². The third-order valence-corrected chi connectivity index (χ3v) is 8.06.